The molecule has 2 unspecified atom stereocenters. The lowest BCUT2D eigenvalue weighted by molar-refractivity contribution is 0.722. The molecular weight excluding hydrogens is 209 g/mol. The van der Waals surface area contributed by atoms with E-state index < -0.39 is 0 Å². The molecule has 0 aliphatic carbocycles. The van der Waals surface area contributed by atoms with Crippen LogP contribution in [0.25, 0.3) is 0 Å². The molecular formula is C11H14NPS. The molecule has 1 aromatic carbocycles. The van der Waals surface area contributed by atoms with Crippen molar-refractivity contribution in [2.75, 3.05) is 6.16 Å². The van der Waals surface area contributed by atoms with Crippen molar-refractivity contribution in [3.05, 3.63) is 35.9 Å². The summed E-state index contributed by atoms with van der Waals surface area (Å²) in [4.78, 5) is 0. The highest BCUT2D eigenvalue weighted by atomic mass is 32.2. The number of thiocyanates is 1. The normalized spacial score (nSPS) is 14.4. The van der Waals surface area contributed by atoms with Gasteiger partial charge < -0.3 is 0 Å². The minimum Gasteiger partial charge on any atom is -0.185 e. The zero-order valence-electron chi connectivity index (χ0n) is 8.23. The average molecular weight is 223 g/mol. The zero-order chi connectivity index (χ0) is 10.4. The molecule has 1 rings (SSSR count). The van der Waals surface area contributed by atoms with E-state index in [2.05, 4.69) is 33.7 Å². The quantitative estimate of drug-likeness (QED) is 0.578. The second-order valence-corrected chi connectivity index (χ2v) is 5.29. The predicted octanol–water partition coefficient (Wildman–Crippen LogP) is 3.08. The number of benzene rings is 1. The van der Waals surface area contributed by atoms with Gasteiger partial charge in [0.2, 0.25) is 0 Å². The van der Waals surface area contributed by atoms with Crippen LogP contribution < -0.4 is 0 Å². The van der Waals surface area contributed by atoms with Gasteiger partial charge >= 0.3 is 0 Å². The summed E-state index contributed by atoms with van der Waals surface area (Å²) in [5.41, 5.74) is 1.29. The van der Waals surface area contributed by atoms with Crippen LogP contribution in [0.5, 0.6) is 0 Å². The van der Waals surface area contributed by atoms with Crippen molar-refractivity contribution in [2.24, 2.45) is 0 Å². The summed E-state index contributed by atoms with van der Waals surface area (Å²) in [6, 6.07) is 10.3. The van der Waals surface area contributed by atoms with Gasteiger partial charge in [0.15, 0.2) is 0 Å². The third-order valence-electron chi connectivity index (χ3n) is 2.14. The Balaban J connectivity index is 2.71. The summed E-state index contributed by atoms with van der Waals surface area (Å²) in [5.74, 6) is 0. The fourth-order valence-corrected chi connectivity index (χ4v) is 2.22. The van der Waals surface area contributed by atoms with Crippen molar-refractivity contribution >= 4 is 21.0 Å². The molecule has 0 aliphatic heterocycles. The molecule has 2 atom stereocenters. The lowest BCUT2D eigenvalue weighted by Gasteiger charge is -2.23. The van der Waals surface area contributed by atoms with Gasteiger partial charge in [-0.3, -0.25) is 0 Å². The molecule has 3 heteroatoms. The van der Waals surface area contributed by atoms with E-state index >= 15 is 0 Å². The van der Waals surface area contributed by atoms with E-state index in [1.807, 2.05) is 18.2 Å². The molecule has 0 N–H and O–H groups in total. The Labute approximate surface area is 92.1 Å². The maximum absolute atomic E-state index is 8.71. The molecule has 0 radical (unpaired) electrons. The number of rotatable bonds is 4. The molecule has 74 valence electrons. The second kappa shape index (κ2) is 5.39. The first-order chi connectivity index (χ1) is 6.70. The average Bonchev–Trinajstić information content (AvgIpc) is 2.20. The Morgan fingerprint density at radius 1 is 1.43 bits per heavy atom. The Bertz CT molecular complexity index is 320. The third kappa shape index (κ3) is 3.33. The molecule has 0 amide bonds. The van der Waals surface area contributed by atoms with E-state index in [-0.39, 0.29) is 4.75 Å². The maximum atomic E-state index is 8.71. The van der Waals surface area contributed by atoms with Crippen molar-refractivity contribution in [3.8, 4) is 5.40 Å². The molecule has 0 aliphatic rings. The van der Waals surface area contributed by atoms with Gasteiger partial charge in [-0.05, 0) is 36.8 Å². The second-order valence-electron chi connectivity index (χ2n) is 3.51. The van der Waals surface area contributed by atoms with Gasteiger partial charge in [-0.1, -0.05) is 30.3 Å². The van der Waals surface area contributed by atoms with Gasteiger partial charge in [0.05, 0.1) is 0 Å². The molecule has 0 spiro atoms. The van der Waals surface area contributed by atoms with Gasteiger partial charge in [0, 0.05) is 4.75 Å². The van der Waals surface area contributed by atoms with Crippen LogP contribution in [0.4, 0.5) is 0 Å². The Hall–Kier alpha value is -0.510. The number of hydrogen-bond acceptors (Lipinski definition) is 2. The number of thioether (sulfide) groups is 1. The molecule has 1 nitrogen and oxygen atoms in total. The van der Waals surface area contributed by atoms with Gasteiger partial charge in [-0.25, -0.2) is 0 Å². The molecule has 0 bridgehead atoms. The molecule has 1 aromatic rings. The highest BCUT2D eigenvalue weighted by Gasteiger charge is 2.23. The summed E-state index contributed by atoms with van der Waals surface area (Å²) < 4.78 is 0.0147. The monoisotopic (exact) mass is 223 g/mol. The Kier molecular flexibility index (Phi) is 4.45. The minimum absolute atomic E-state index is 0.0147. The molecule has 0 aromatic heterocycles. The number of nitrogens with zero attached hydrogens (tertiary/aromatic N) is 1. The smallest absolute Gasteiger partial charge is 0.133 e. The lowest BCUT2D eigenvalue weighted by atomic mass is 10.0. The van der Waals surface area contributed by atoms with Gasteiger partial charge in [-0.2, -0.15) is 5.26 Å². The van der Waals surface area contributed by atoms with Crippen LogP contribution in [0, 0.1) is 10.7 Å². The molecule has 0 saturated carbocycles. The number of hydrogen-bond donors (Lipinski definition) is 0. The zero-order valence-corrected chi connectivity index (χ0v) is 10.2. The van der Waals surface area contributed by atoms with Gasteiger partial charge in [0.25, 0.3) is 0 Å². The van der Waals surface area contributed by atoms with Crippen LogP contribution in [0.2, 0.25) is 0 Å². The van der Waals surface area contributed by atoms with Crippen LogP contribution in [0.1, 0.15) is 12.5 Å². The van der Waals surface area contributed by atoms with E-state index in [9.17, 15) is 0 Å². The van der Waals surface area contributed by atoms with Crippen molar-refractivity contribution < 1.29 is 0 Å². The summed E-state index contributed by atoms with van der Waals surface area (Å²) in [6.07, 6.45) is 1.87. The standard InChI is InChI=1S/C11H14NPS/c1-11(8-13,14-9-12)7-10-5-3-2-4-6-10/h2-6H,7-8,13H2,1H3. The molecule has 0 fully saturated rings. The Morgan fingerprint density at radius 3 is 2.57 bits per heavy atom. The van der Waals surface area contributed by atoms with Crippen LogP contribution in [-0.2, 0) is 6.42 Å². The largest absolute Gasteiger partial charge is 0.185 e. The van der Waals surface area contributed by atoms with Crippen molar-refractivity contribution in [1.29, 1.82) is 5.26 Å². The van der Waals surface area contributed by atoms with E-state index in [0.717, 1.165) is 12.6 Å². The maximum Gasteiger partial charge on any atom is 0.133 e. The fraction of sp³-hybridized carbons (Fsp3) is 0.364. The summed E-state index contributed by atoms with van der Waals surface area (Å²) in [6.45, 7) is 2.13. The first-order valence-electron chi connectivity index (χ1n) is 4.51. The first kappa shape index (κ1) is 11.6. The highest BCUT2D eigenvalue weighted by Crippen LogP contribution is 2.30. The van der Waals surface area contributed by atoms with Crippen molar-refractivity contribution in [3.63, 3.8) is 0 Å². The van der Waals surface area contributed by atoms with Crippen molar-refractivity contribution in [1.82, 2.24) is 0 Å². The highest BCUT2D eigenvalue weighted by molar-refractivity contribution is 8.05. The van der Waals surface area contributed by atoms with Crippen LogP contribution in [-0.4, -0.2) is 10.9 Å². The summed E-state index contributed by atoms with van der Waals surface area (Å²) in [5, 5.41) is 10.9. The van der Waals surface area contributed by atoms with Gasteiger partial charge in [0.1, 0.15) is 5.40 Å². The molecule has 0 heterocycles. The van der Waals surface area contributed by atoms with E-state index in [4.69, 9.17) is 5.26 Å². The topological polar surface area (TPSA) is 23.8 Å². The SMILES string of the molecule is CC(CP)(Cc1ccccc1)SC#N. The Morgan fingerprint density at radius 2 is 2.07 bits per heavy atom. The van der Waals surface area contributed by atoms with Crippen LogP contribution in [0.3, 0.4) is 0 Å². The first-order valence-corrected chi connectivity index (χ1v) is 6.14. The van der Waals surface area contributed by atoms with Gasteiger partial charge in [-0.15, -0.1) is 9.24 Å². The predicted molar refractivity (Wildman–Crippen MR) is 66.3 cm³/mol. The summed E-state index contributed by atoms with van der Waals surface area (Å²) >= 11 is 1.36. The van der Waals surface area contributed by atoms with Crippen molar-refractivity contribution in [2.45, 2.75) is 18.1 Å². The molecule has 0 saturated heterocycles. The van der Waals surface area contributed by atoms with Crippen LogP contribution in [0.15, 0.2) is 30.3 Å². The van der Waals surface area contributed by atoms with E-state index in [1.54, 1.807) is 0 Å². The third-order valence-corrected chi connectivity index (χ3v) is 4.24. The number of nitriles is 1. The summed E-state index contributed by atoms with van der Waals surface area (Å²) in [7, 11) is 2.72. The van der Waals surface area contributed by atoms with E-state index in [0.29, 0.717) is 0 Å². The fourth-order valence-electron chi connectivity index (χ4n) is 1.29. The van der Waals surface area contributed by atoms with E-state index in [1.165, 1.54) is 17.3 Å². The minimum atomic E-state index is 0.0147. The lowest BCUT2D eigenvalue weighted by Crippen LogP contribution is -2.24. The van der Waals surface area contributed by atoms with Crippen LogP contribution >= 0.6 is 21.0 Å². The molecule has 14 heavy (non-hydrogen) atoms.